The Morgan fingerprint density at radius 3 is 2.38 bits per heavy atom. The van der Waals surface area contributed by atoms with Gasteiger partial charge >= 0.3 is 6.36 Å². The molecule has 1 aromatic rings. The number of ether oxygens (including phenoxy) is 1. The number of nitrogens with two attached hydrogens (primary N) is 1. The summed E-state index contributed by atoms with van der Waals surface area (Å²) >= 11 is 0. The normalized spacial score (nSPS) is 16.2. The first-order valence-electron chi connectivity index (χ1n) is 7.95. The predicted octanol–water partition coefficient (Wildman–Crippen LogP) is 1.11. The van der Waals surface area contributed by atoms with Crippen LogP contribution in [0, 0.1) is 5.92 Å². The summed E-state index contributed by atoms with van der Waals surface area (Å²) in [4.78, 5) is 11.6. The Bertz CT molecular complexity index is 719. The van der Waals surface area contributed by atoms with Gasteiger partial charge in [-0.25, -0.2) is 13.1 Å². The van der Waals surface area contributed by atoms with Crippen LogP contribution < -0.4 is 20.5 Å². The van der Waals surface area contributed by atoms with E-state index in [0.29, 0.717) is 12.5 Å². The maximum absolute atomic E-state index is 12.1. The van der Waals surface area contributed by atoms with E-state index in [1.807, 2.05) is 0 Å². The first-order chi connectivity index (χ1) is 12.1. The van der Waals surface area contributed by atoms with Crippen molar-refractivity contribution in [3.63, 3.8) is 0 Å². The van der Waals surface area contributed by atoms with Gasteiger partial charge in [-0.3, -0.25) is 4.79 Å². The molecule has 1 aromatic carbocycles. The molecule has 1 aliphatic carbocycles. The molecule has 7 nitrogen and oxygen atoms in total. The maximum atomic E-state index is 12.1. The molecule has 146 valence electrons. The molecule has 4 N–H and O–H groups in total. The van der Waals surface area contributed by atoms with Crippen molar-refractivity contribution in [3.05, 3.63) is 24.3 Å². The molecular formula is C15H20F3N3O4S. The molecule has 26 heavy (non-hydrogen) atoms. The Labute approximate surface area is 149 Å². The Kier molecular flexibility index (Phi) is 6.48. The number of sulfonamides is 1. The van der Waals surface area contributed by atoms with Gasteiger partial charge in [0.15, 0.2) is 0 Å². The minimum absolute atomic E-state index is 0.0717. The number of hydrogen-bond donors (Lipinski definition) is 3. The van der Waals surface area contributed by atoms with Crippen LogP contribution in [0.1, 0.15) is 19.3 Å². The van der Waals surface area contributed by atoms with Gasteiger partial charge in [0.1, 0.15) is 5.75 Å². The number of alkyl halides is 3. The van der Waals surface area contributed by atoms with Crippen molar-refractivity contribution in [1.29, 1.82) is 0 Å². The standard InChI is InChI=1S/C15H20F3N3O4S/c16-15(17,18)25-11-3-5-12(6-4-11)26(23,24)20-8-7-14(22)21-13(9-19)10-1-2-10/h3-6,10,13,20H,1-2,7-9,19H2,(H,21,22). The maximum Gasteiger partial charge on any atom is 0.573 e. The number of halogens is 3. The fourth-order valence-electron chi connectivity index (χ4n) is 2.35. The smallest absolute Gasteiger partial charge is 0.406 e. The molecule has 0 aromatic heterocycles. The van der Waals surface area contributed by atoms with Crippen molar-refractivity contribution in [2.45, 2.75) is 36.6 Å². The molecule has 0 heterocycles. The van der Waals surface area contributed by atoms with E-state index >= 15 is 0 Å². The first kappa shape index (κ1) is 20.5. The van der Waals surface area contributed by atoms with Gasteiger partial charge in [-0.05, 0) is 43.0 Å². The van der Waals surface area contributed by atoms with Crippen molar-refractivity contribution in [2.75, 3.05) is 13.1 Å². The average molecular weight is 395 g/mol. The summed E-state index contributed by atoms with van der Waals surface area (Å²) in [6, 6.07) is 3.68. The summed E-state index contributed by atoms with van der Waals surface area (Å²) in [7, 11) is -3.95. The predicted molar refractivity (Wildman–Crippen MR) is 86.6 cm³/mol. The Morgan fingerprint density at radius 2 is 1.88 bits per heavy atom. The zero-order valence-corrected chi connectivity index (χ0v) is 14.6. The third-order valence-corrected chi connectivity index (χ3v) is 5.28. The highest BCUT2D eigenvalue weighted by Gasteiger charge is 2.32. The molecule has 11 heteroatoms. The number of nitrogens with one attached hydrogen (secondary N) is 2. The van der Waals surface area contributed by atoms with Crippen LogP contribution in [0.5, 0.6) is 5.75 Å². The monoisotopic (exact) mass is 395 g/mol. The third-order valence-electron chi connectivity index (χ3n) is 3.80. The van der Waals surface area contributed by atoms with Crippen LogP contribution in [0.3, 0.4) is 0 Å². The van der Waals surface area contributed by atoms with Crippen LogP contribution in [0.4, 0.5) is 13.2 Å². The molecule has 1 aliphatic rings. The topological polar surface area (TPSA) is 111 Å². The van der Waals surface area contributed by atoms with E-state index in [1.165, 1.54) is 0 Å². The molecule has 1 saturated carbocycles. The summed E-state index contributed by atoms with van der Waals surface area (Å²) in [6.45, 7) is 0.186. The van der Waals surface area contributed by atoms with E-state index in [9.17, 15) is 26.4 Å². The molecule has 0 spiro atoms. The van der Waals surface area contributed by atoms with Crippen LogP contribution in [-0.4, -0.2) is 39.8 Å². The van der Waals surface area contributed by atoms with Crippen LogP contribution in [0.15, 0.2) is 29.2 Å². The molecule has 0 aliphatic heterocycles. The fraction of sp³-hybridized carbons (Fsp3) is 0.533. The van der Waals surface area contributed by atoms with Crippen LogP contribution in [0.25, 0.3) is 0 Å². The number of rotatable bonds is 9. The molecule has 1 fully saturated rings. The van der Waals surface area contributed by atoms with Gasteiger partial charge in [-0.15, -0.1) is 13.2 Å². The van der Waals surface area contributed by atoms with Gasteiger partial charge in [0.2, 0.25) is 15.9 Å². The second-order valence-electron chi connectivity index (χ2n) is 5.91. The lowest BCUT2D eigenvalue weighted by atomic mass is 10.2. The average Bonchev–Trinajstić information content (AvgIpc) is 3.36. The van der Waals surface area contributed by atoms with Crippen molar-refractivity contribution in [3.8, 4) is 5.75 Å². The van der Waals surface area contributed by atoms with Crippen molar-refractivity contribution >= 4 is 15.9 Å². The largest absolute Gasteiger partial charge is 0.573 e. The van der Waals surface area contributed by atoms with E-state index < -0.39 is 22.1 Å². The molecular weight excluding hydrogens is 375 g/mol. The third kappa shape index (κ3) is 6.46. The number of benzene rings is 1. The van der Waals surface area contributed by atoms with Gasteiger partial charge in [-0.2, -0.15) is 0 Å². The molecule has 1 amide bonds. The van der Waals surface area contributed by atoms with E-state index in [1.54, 1.807) is 0 Å². The molecule has 2 rings (SSSR count). The summed E-state index contributed by atoms with van der Waals surface area (Å²) in [5.41, 5.74) is 5.58. The molecule has 1 unspecified atom stereocenters. The highest BCUT2D eigenvalue weighted by atomic mass is 32.2. The first-order valence-corrected chi connectivity index (χ1v) is 9.44. The van der Waals surface area contributed by atoms with E-state index in [2.05, 4.69) is 14.8 Å². The molecule has 0 saturated heterocycles. The Balaban J connectivity index is 1.83. The number of hydrogen-bond acceptors (Lipinski definition) is 5. The molecule has 1 atom stereocenters. The van der Waals surface area contributed by atoms with Gasteiger partial charge in [-0.1, -0.05) is 0 Å². The Morgan fingerprint density at radius 1 is 1.27 bits per heavy atom. The minimum Gasteiger partial charge on any atom is -0.406 e. The van der Waals surface area contributed by atoms with Gasteiger partial charge in [0, 0.05) is 25.6 Å². The van der Waals surface area contributed by atoms with Gasteiger partial charge in [0.05, 0.1) is 4.90 Å². The Hall–Kier alpha value is -1.85. The fourth-order valence-corrected chi connectivity index (χ4v) is 3.38. The lowest BCUT2D eigenvalue weighted by Gasteiger charge is -2.16. The quantitative estimate of drug-likeness (QED) is 0.580. The lowest BCUT2D eigenvalue weighted by molar-refractivity contribution is -0.274. The highest BCUT2D eigenvalue weighted by Crippen LogP contribution is 2.32. The van der Waals surface area contributed by atoms with Gasteiger partial charge in [0.25, 0.3) is 0 Å². The van der Waals surface area contributed by atoms with Crippen molar-refractivity contribution in [1.82, 2.24) is 10.0 Å². The second kappa shape index (κ2) is 8.23. The molecule has 0 radical (unpaired) electrons. The van der Waals surface area contributed by atoms with Crippen molar-refractivity contribution < 1.29 is 31.1 Å². The van der Waals surface area contributed by atoms with Gasteiger partial charge < -0.3 is 15.8 Å². The summed E-state index contributed by atoms with van der Waals surface area (Å²) < 4.78 is 66.3. The SMILES string of the molecule is NCC(NC(=O)CCNS(=O)(=O)c1ccc(OC(F)(F)F)cc1)C1CC1. The van der Waals surface area contributed by atoms with Crippen molar-refractivity contribution in [2.24, 2.45) is 11.7 Å². The lowest BCUT2D eigenvalue weighted by Crippen LogP contribution is -2.42. The van der Waals surface area contributed by atoms with E-state index in [4.69, 9.17) is 5.73 Å². The summed E-state index contributed by atoms with van der Waals surface area (Å²) in [5, 5.41) is 2.76. The summed E-state index contributed by atoms with van der Waals surface area (Å²) in [6.07, 6.45) is -2.89. The number of amides is 1. The zero-order valence-electron chi connectivity index (χ0n) is 13.8. The van der Waals surface area contributed by atoms with E-state index in [-0.39, 0.29) is 29.8 Å². The minimum atomic E-state index is -4.85. The molecule has 0 bridgehead atoms. The second-order valence-corrected chi connectivity index (χ2v) is 7.68. The van der Waals surface area contributed by atoms with Crippen LogP contribution >= 0.6 is 0 Å². The number of carbonyl (C=O) groups excluding carboxylic acids is 1. The van der Waals surface area contributed by atoms with Crippen LogP contribution in [-0.2, 0) is 14.8 Å². The van der Waals surface area contributed by atoms with E-state index in [0.717, 1.165) is 37.1 Å². The number of carbonyl (C=O) groups is 1. The summed E-state index contributed by atoms with van der Waals surface area (Å²) in [5.74, 6) is -0.453. The highest BCUT2D eigenvalue weighted by molar-refractivity contribution is 7.89. The van der Waals surface area contributed by atoms with Crippen LogP contribution in [0.2, 0.25) is 0 Å². The zero-order chi connectivity index (χ0) is 19.4.